The molecular weight excluding hydrogens is 1910 g/mol. The number of hydrogen-bond donors (Lipinski definition) is 4. The highest BCUT2D eigenvalue weighted by atomic mass is 127. The van der Waals surface area contributed by atoms with Gasteiger partial charge in [0.1, 0.15) is 0 Å². The van der Waals surface area contributed by atoms with Crippen molar-refractivity contribution in [2.45, 2.75) is 7.43 Å². The number of cyclic esters (lactones) is 8. The summed E-state index contributed by atoms with van der Waals surface area (Å²) in [5.74, 6) is -12.1. The first kappa shape index (κ1) is 90.0. The van der Waals surface area contributed by atoms with Gasteiger partial charge in [-0.25, -0.2) is 38.4 Å². The maximum Gasteiger partial charge on any atom is 0.348 e. The summed E-state index contributed by atoms with van der Waals surface area (Å²) in [6, 6.07) is 10.2. The van der Waals surface area contributed by atoms with Crippen molar-refractivity contribution in [3.8, 4) is 0 Å². The second-order valence-corrected chi connectivity index (χ2v) is 23.9. The van der Waals surface area contributed by atoms with Crippen LogP contribution < -0.4 is 22.9 Å². The van der Waals surface area contributed by atoms with E-state index in [0.29, 0.717) is 0 Å². The van der Waals surface area contributed by atoms with Gasteiger partial charge in [-0.2, -0.15) is 44.7 Å². The molecule has 0 aliphatic carbocycles. The number of rotatable bonds is 0. The maximum absolute atomic E-state index is 12.5. The van der Waals surface area contributed by atoms with E-state index in [1.807, 2.05) is 4.93 Å². The Labute approximate surface area is 687 Å². The van der Waals surface area contributed by atoms with Crippen LogP contribution in [0.4, 0.5) is 0 Å². The van der Waals surface area contributed by atoms with E-state index in [2.05, 4.69) is 75.9 Å². The number of esters is 8. The van der Waals surface area contributed by atoms with Crippen molar-refractivity contribution in [3.05, 3.63) is 178 Å². The summed E-state index contributed by atoms with van der Waals surface area (Å²) in [7, 11) is 11.3. The number of alkyl halides is 1. The van der Waals surface area contributed by atoms with Gasteiger partial charge in [-0.15, -0.1) is 0 Å². The molecule has 0 saturated carbocycles. The van der Waals surface area contributed by atoms with E-state index in [0.717, 1.165) is 19.6 Å². The normalized spacial score (nSPS) is 14.3. The van der Waals surface area contributed by atoms with Gasteiger partial charge in [0.15, 0.2) is 11.4 Å². The van der Waals surface area contributed by atoms with Gasteiger partial charge in [0, 0.05) is 71.3 Å². The molecule has 16 rings (SSSR count). The minimum absolute atomic E-state index is 0. The van der Waals surface area contributed by atoms with Gasteiger partial charge >= 0.3 is 47.8 Å². The molecule has 0 spiro atoms. The zero-order valence-corrected chi connectivity index (χ0v) is 67.7. The van der Waals surface area contributed by atoms with E-state index >= 15 is 0 Å². The SMILES string of the molecule is C.CI.CN.CN.CN.CN.CN1C(=O)c2cc(Cl)c3c4c(c(Cl)cc(c24)C1=O)C(=O)N(C)C3=O.CN1C(=O)c2cc(Cl)c3c4c(cc(Cl)c(c24)C1=O)C(=O)N(C)C3=O.O=C1OC(=O)c2c(Cl)cc3c4c(c(Cl)cc1c24)C(=O)OC3=O.O=C1OC(=O)c2cc(Cl)c3c4c(c(Cl)cc1c24)C(=O)OC3=O.[B]I.[B]I. The molecule has 8 amide bonds. The lowest BCUT2D eigenvalue weighted by molar-refractivity contribution is 0.0366. The highest BCUT2D eigenvalue weighted by molar-refractivity contribution is 14.1. The standard InChI is InChI=1S/2C16H8Cl2N2O4.2C14H2Cl2O6.CH3I.4CH5N.CH4.2BI/c1-19-13(21)5-3-8(18)12-10-6(14(22)20(2)16(12)24)4-7(17)11(9(5)10)15(19)23;1-19-13(21)5-3-7(17)10-12-9(5)6(14(19)22)4-8(18)11(12)16(24)20(2)15(10)23;15-5-1-3-7-8-4(12(18)22-13(19)9(5)8)2-6(16)10(7)14(20)21-11(3)17;15-5-1-3-7-4(12(18)21-11(3)17)2-6(16)9-10(7)8(5)13(19)22-14(9)20;5*1-2;;2*1-2/h2*3-4H,1-2H3;2*1-2H;1H3;4*2H2,1H3;1H4;;. The fourth-order valence-corrected chi connectivity index (χ4v) is 14.0. The molecule has 107 heavy (non-hydrogen) atoms. The largest absolute Gasteiger partial charge is 0.386 e. The lowest BCUT2D eigenvalue weighted by Gasteiger charge is -2.30. The zero-order valence-electron chi connectivity index (χ0n) is 55.2. The van der Waals surface area contributed by atoms with Crippen molar-refractivity contribution in [1.82, 2.24) is 19.6 Å². The van der Waals surface area contributed by atoms with Crippen molar-refractivity contribution in [2.24, 2.45) is 22.9 Å². The molecule has 0 atom stereocenters. The Bertz CT molecular complexity index is 5090. The average molecular weight is 1960 g/mol. The smallest absolute Gasteiger partial charge is 0.348 e. The Morgan fingerprint density at radius 3 is 0.645 bits per heavy atom. The number of carbonyl (C=O) groups is 16. The Morgan fingerprint density at radius 1 is 0.243 bits per heavy atom. The number of imide groups is 4. The molecular formula is C66H47B2Cl8I3N8O20. The molecule has 0 bridgehead atoms. The molecule has 554 valence electrons. The van der Waals surface area contributed by atoms with Crippen LogP contribution in [0.3, 0.4) is 0 Å². The lowest BCUT2D eigenvalue weighted by Crippen LogP contribution is -2.40. The van der Waals surface area contributed by atoms with Crippen molar-refractivity contribution in [3.63, 3.8) is 0 Å². The monoisotopic (exact) mass is 1950 g/mol. The highest BCUT2D eigenvalue weighted by Crippen LogP contribution is 2.48. The number of benzene rings is 8. The number of hydrogen-bond acceptors (Lipinski definition) is 24. The molecule has 8 aliphatic rings. The van der Waals surface area contributed by atoms with Crippen molar-refractivity contribution >= 4 is 310 Å². The van der Waals surface area contributed by atoms with Gasteiger partial charge < -0.3 is 41.9 Å². The molecule has 28 nitrogen and oxygen atoms in total. The molecule has 8 aromatic rings. The molecule has 0 fully saturated rings. The third kappa shape index (κ3) is 14.8. The summed E-state index contributed by atoms with van der Waals surface area (Å²) in [4.78, 5) is 201. The van der Waals surface area contributed by atoms with Crippen LogP contribution in [0.1, 0.15) is 173 Å². The molecule has 0 saturated heterocycles. The van der Waals surface area contributed by atoms with E-state index < -0.39 is 95.0 Å². The van der Waals surface area contributed by atoms with Gasteiger partial charge in [-0.1, -0.05) is 123 Å². The van der Waals surface area contributed by atoms with Crippen LogP contribution in [0.5, 0.6) is 0 Å². The van der Waals surface area contributed by atoms with Crippen molar-refractivity contribution < 1.29 is 95.7 Å². The number of nitrogens with zero attached hydrogens (tertiary/aromatic N) is 4. The minimum Gasteiger partial charge on any atom is -0.386 e. The quantitative estimate of drug-likeness (QED) is 0.0208. The van der Waals surface area contributed by atoms with Crippen LogP contribution in [0.15, 0.2) is 48.5 Å². The summed E-state index contributed by atoms with van der Waals surface area (Å²) in [6.45, 7) is 0. The Kier molecular flexibility index (Phi) is 30.5. The number of halogens is 11. The third-order valence-electron chi connectivity index (χ3n) is 15.9. The van der Waals surface area contributed by atoms with Gasteiger partial charge in [0.25, 0.3) is 47.3 Å². The predicted molar refractivity (Wildman–Crippen MR) is 427 cm³/mol. The maximum atomic E-state index is 12.5. The number of nitrogens with two attached hydrogens (primary N) is 4. The van der Waals surface area contributed by atoms with Crippen LogP contribution >= 0.6 is 160 Å². The van der Waals surface area contributed by atoms with Gasteiger partial charge in [0.2, 0.25) is 0 Å². The van der Waals surface area contributed by atoms with Crippen LogP contribution in [-0.4, -0.2) is 187 Å². The van der Waals surface area contributed by atoms with Gasteiger partial charge in [0.05, 0.1) is 129 Å². The van der Waals surface area contributed by atoms with E-state index in [1.165, 1.54) is 105 Å². The second kappa shape index (κ2) is 36.3. The summed E-state index contributed by atoms with van der Waals surface area (Å²) < 4.78 is 18.4. The summed E-state index contributed by atoms with van der Waals surface area (Å²) in [5, 5.41) is 0.949. The summed E-state index contributed by atoms with van der Waals surface area (Å²) in [6.07, 6.45) is 0. The van der Waals surface area contributed by atoms with Crippen LogP contribution in [0, 0.1) is 0 Å². The zero-order chi connectivity index (χ0) is 80.5. The van der Waals surface area contributed by atoms with Crippen LogP contribution in [0.2, 0.25) is 40.2 Å². The number of carbonyl (C=O) groups excluding carboxylic acids is 16. The molecule has 8 aliphatic heterocycles. The highest BCUT2D eigenvalue weighted by Gasteiger charge is 2.45. The topological polar surface area (TPSA) is 427 Å². The molecule has 4 radical (unpaired) electrons. The number of amides is 8. The molecule has 0 unspecified atom stereocenters. The molecule has 41 heteroatoms. The minimum atomic E-state index is -0.964. The van der Waals surface area contributed by atoms with E-state index in [9.17, 15) is 76.7 Å². The van der Waals surface area contributed by atoms with Gasteiger partial charge in [-0.05, 0) is 81.7 Å². The fourth-order valence-electron chi connectivity index (χ4n) is 11.8. The van der Waals surface area contributed by atoms with Crippen LogP contribution in [0.25, 0.3) is 43.1 Å². The first-order valence-corrected chi connectivity index (χ1v) is 36.4. The Morgan fingerprint density at radius 2 is 0.383 bits per heavy atom. The van der Waals surface area contributed by atoms with Gasteiger partial charge in [-0.3, -0.25) is 58.0 Å². The van der Waals surface area contributed by atoms with Crippen LogP contribution in [-0.2, 0) is 18.9 Å². The molecule has 8 aromatic carbocycles. The summed E-state index contributed by atoms with van der Waals surface area (Å²) >= 11 is 54.4. The molecule has 0 aromatic heterocycles. The van der Waals surface area contributed by atoms with E-state index in [-0.39, 0.29) is 180 Å². The Hall–Kier alpha value is -7.60. The Balaban J connectivity index is 0.000000242. The third-order valence-corrected chi connectivity index (χ3v) is 18.3. The lowest BCUT2D eigenvalue weighted by atomic mass is 9.86. The first-order chi connectivity index (χ1) is 50.3. The van der Waals surface area contributed by atoms with Crippen molar-refractivity contribution in [2.75, 3.05) is 61.3 Å². The summed E-state index contributed by atoms with van der Waals surface area (Å²) in [5.41, 5.74) is 27.4. The van der Waals surface area contributed by atoms with Crippen molar-refractivity contribution in [1.29, 1.82) is 0 Å². The molecule has 8 heterocycles. The second-order valence-electron chi connectivity index (χ2n) is 20.6. The van der Waals surface area contributed by atoms with E-state index in [4.69, 9.17) is 92.8 Å². The number of ether oxygens (including phenoxy) is 4. The average Bonchev–Trinajstić information content (AvgIpc) is 0.722. The van der Waals surface area contributed by atoms with E-state index in [1.54, 1.807) is 44.7 Å². The first-order valence-electron chi connectivity index (χ1n) is 28.7. The fraction of sp³-hybridized carbons (Fsp3) is 0.152. The molecule has 8 N–H and O–H groups in total. The predicted octanol–water partition coefficient (Wildman–Crippen LogP) is 11.7.